The van der Waals surface area contributed by atoms with E-state index >= 15 is 0 Å². The standard InChI is InChI=1S/C14H19Cl2N/c1-13(2)7-14(3,9-17-8-13)11-5-4-10(15)6-12(11)16/h4-6,17H,7-9H2,1-3H3. The normalized spacial score (nSPS) is 28.1. The zero-order valence-corrected chi connectivity index (χ0v) is 12.1. The van der Waals surface area contributed by atoms with E-state index in [0.717, 1.165) is 24.5 Å². The van der Waals surface area contributed by atoms with Crippen LogP contribution in [0.2, 0.25) is 10.0 Å². The molecule has 0 saturated carbocycles. The first-order chi connectivity index (χ1) is 7.82. The highest BCUT2D eigenvalue weighted by Gasteiger charge is 2.38. The Morgan fingerprint density at radius 3 is 2.41 bits per heavy atom. The van der Waals surface area contributed by atoms with Crippen LogP contribution in [0.15, 0.2) is 18.2 Å². The average Bonchev–Trinajstić information content (AvgIpc) is 2.14. The van der Waals surface area contributed by atoms with E-state index in [-0.39, 0.29) is 5.41 Å². The van der Waals surface area contributed by atoms with E-state index in [1.54, 1.807) is 0 Å². The van der Waals surface area contributed by atoms with Crippen LogP contribution in [0.25, 0.3) is 0 Å². The molecule has 1 fully saturated rings. The maximum atomic E-state index is 6.33. The molecule has 1 heterocycles. The lowest BCUT2D eigenvalue weighted by atomic mass is 9.67. The molecule has 17 heavy (non-hydrogen) atoms. The van der Waals surface area contributed by atoms with E-state index in [2.05, 4.69) is 32.2 Å². The van der Waals surface area contributed by atoms with Gasteiger partial charge in [0.15, 0.2) is 0 Å². The van der Waals surface area contributed by atoms with Crippen LogP contribution in [0.5, 0.6) is 0 Å². The van der Waals surface area contributed by atoms with Crippen molar-refractivity contribution < 1.29 is 0 Å². The van der Waals surface area contributed by atoms with E-state index in [1.807, 2.05) is 12.1 Å². The molecule has 1 atom stereocenters. The van der Waals surface area contributed by atoms with Gasteiger partial charge in [0.25, 0.3) is 0 Å². The molecule has 1 nitrogen and oxygen atoms in total. The van der Waals surface area contributed by atoms with Crippen LogP contribution >= 0.6 is 23.2 Å². The van der Waals surface area contributed by atoms with Crippen molar-refractivity contribution in [1.29, 1.82) is 0 Å². The van der Waals surface area contributed by atoms with Crippen LogP contribution < -0.4 is 5.32 Å². The van der Waals surface area contributed by atoms with E-state index < -0.39 is 0 Å². The highest BCUT2D eigenvalue weighted by atomic mass is 35.5. The summed E-state index contributed by atoms with van der Waals surface area (Å²) in [6.07, 6.45) is 1.13. The molecule has 1 aliphatic heterocycles. The van der Waals surface area contributed by atoms with Crippen molar-refractivity contribution in [3.63, 3.8) is 0 Å². The van der Waals surface area contributed by atoms with Crippen LogP contribution in [0.1, 0.15) is 32.8 Å². The Morgan fingerprint density at radius 2 is 1.82 bits per heavy atom. The number of halogens is 2. The molecule has 0 spiro atoms. The SMILES string of the molecule is CC1(C)CNCC(C)(c2ccc(Cl)cc2Cl)C1. The van der Waals surface area contributed by atoms with Crippen LogP contribution in [-0.2, 0) is 5.41 Å². The summed E-state index contributed by atoms with van der Waals surface area (Å²) in [5, 5.41) is 4.99. The highest BCUT2D eigenvalue weighted by Crippen LogP contribution is 2.42. The Hall–Kier alpha value is -0.240. The van der Waals surface area contributed by atoms with Gasteiger partial charge in [0.2, 0.25) is 0 Å². The van der Waals surface area contributed by atoms with Crippen LogP contribution in [0.4, 0.5) is 0 Å². The summed E-state index contributed by atoms with van der Waals surface area (Å²) >= 11 is 12.3. The maximum absolute atomic E-state index is 6.33. The van der Waals surface area contributed by atoms with E-state index in [0.29, 0.717) is 10.4 Å². The van der Waals surface area contributed by atoms with Gasteiger partial charge >= 0.3 is 0 Å². The number of hydrogen-bond acceptors (Lipinski definition) is 1. The van der Waals surface area contributed by atoms with E-state index in [9.17, 15) is 0 Å². The summed E-state index contributed by atoms with van der Waals surface area (Å²) in [6.45, 7) is 8.89. The summed E-state index contributed by atoms with van der Waals surface area (Å²) in [6, 6.07) is 5.83. The van der Waals surface area contributed by atoms with E-state index in [4.69, 9.17) is 23.2 Å². The minimum atomic E-state index is 0.0867. The first kappa shape index (κ1) is 13.2. The predicted molar refractivity (Wildman–Crippen MR) is 75.1 cm³/mol. The molecule has 2 rings (SSSR count). The van der Waals surface area contributed by atoms with Gasteiger partial charge in [0, 0.05) is 28.5 Å². The number of piperidine rings is 1. The first-order valence-corrected chi connectivity index (χ1v) is 6.74. The molecule has 1 saturated heterocycles. The van der Waals surface area contributed by atoms with Gasteiger partial charge in [-0.25, -0.2) is 0 Å². The van der Waals surface area contributed by atoms with Crippen molar-refractivity contribution in [2.24, 2.45) is 5.41 Å². The van der Waals surface area contributed by atoms with Crippen LogP contribution in [0.3, 0.4) is 0 Å². The third kappa shape index (κ3) is 2.78. The van der Waals surface area contributed by atoms with Gasteiger partial charge < -0.3 is 5.32 Å². The van der Waals surface area contributed by atoms with Gasteiger partial charge in [0.05, 0.1) is 0 Å². The van der Waals surface area contributed by atoms with Crippen molar-refractivity contribution in [3.05, 3.63) is 33.8 Å². The molecule has 94 valence electrons. The Morgan fingerprint density at radius 1 is 1.12 bits per heavy atom. The van der Waals surface area contributed by atoms with Crippen molar-refractivity contribution in [1.82, 2.24) is 5.32 Å². The Bertz CT molecular complexity index is 428. The fourth-order valence-electron chi connectivity index (χ4n) is 3.03. The lowest BCUT2D eigenvalue weighted by Crippen LogP contribution is -2.49. The second kappa shape index (κ2) is 4.46. The van der Waals surface area contributed by atoms with Gasteiger partial charge in [0.1, 0.15) is 0 Å². The second-order valence-corrected chi connectivity index (χ2v) is 6.97. The second-order valence-electron chi connectivity index (χ2n) is 6.13. The Kier molecular flexibility index (Phi) is 3.46. The third-order valence-corrected chi connectivity index (χ3v) is 4.12. The van der Waals surface area contributed by atoms with Gasteiger partial charge in [-0.3, -0.25) is 0 Å². The topological polar surface area (TPSA) is 12.0 Å². The average molecular weight is 272 g/mol. The van der Waals surface area contributed by atoms with Gasteiger partial charge in [-0.15, -0.1) is 0 Å². The smallest absolute Gasteiger partial charge is 0.0458 e. The lowest BCUT2D eigenvalue weighted by Gasteiger charge is -2.44. The molecule has 1 aromatic rings. The molecule has 1 N–H and O–H groups in total. The zero-order chi connectivity index (χ0) is 12.7. The molecular formula is C14H19Cl2N. The van der Waals surface area contributed by atoms with Crippen LogP contribution in [0, 0.1) is 5.41 Å². The summed E-state index contributed by atoms with van der Waals surface area (Å²) in [5.74, 6) is 0. The molecular weight excluding hydrogens is 253 g/mol. The minimum absolute atomic E-state index is 0.0867. The summed E-state index contributed by atoms with van der Waals surface area (Å²) in [5.41, 5.74) is 1.59. The fourth-order valence-corrected chi connectivity index (χ4v) is 3.66. The largest absolute Gasteiger partial charge is 0.315 e. The number of benzene rings is 1. The minimum Gasteiger partial charge on any atom is -0.315 e. The third-order valence-electron chi connectivity index (χ3n) is 3.57. The Balaban J connectivity index is 2.37. The molecule has 3 heteroatoms. The highest BCUT2D eigenvalue weighted by molar-refractivity contribution is 6.35. The summed E-state index contributed by atoms with van der Waals surface area (Å²) in [4.78, 5) is 0. The maximum Gasteiger partial charge on any atom is 0.0458 e. The molecule has 0 amide bonds. The molecule has 0 bridgehead atoms. The van der Waals surface area contributed by atoms with Crippen LogP contribution in [-0.4, -0.2) is 13.1 Å². The van der Waals surface area contributed by atoms with E-state index in [1.165, 1.54) is 5.56 Å². The van der Waals surface area contributed by atoms with Crippen molar-refractivity contribution in [2.45, 2.75) is 32.6 Å². The van der Waals surface area contributed by atoms with Gasteiger partial charge in [-0.1, -0.05) is 50.0 Å². The summed E-state index contributed by atoms with van der Waals surface area (Å²) < 4.78 is 0. The molecule has 0 radical (unpaired) electrons. The molecule has 1 aromatic carbocycles. The quantitative estimate of drug-likeness (QED) is 0.805. The van der Waals surface area contributed by atoms with Gasteiger partial charge in [-0.2, -0.15) is 0 Å². The molecule has 1 unspecified atom stereocenters. The number of hydrogen-bond donors (Lipinski definition) is 1. The predicted octanol–water partition coefficient (Wildman–Crippen LogP) is 4.27. The lowest BCUT2D eigenvalue weighted by molar-refractivity contribution is 0.180. The summed E-state index contributed by atoms with van der Waals surface area (Å²) in [7, 11) is 0. The fraction of sp³-hybridized carbons (Fsp3) is 0.571. The van der Waals surface area contributed by atoms with Crippen molar-refractivity contribution >= 4 is 23.2 Å². The van der Waals surface area contributed by atoms with Crippen molar-refractivity contribution in [3.8, 4) is 0 Å². The van der Waals surface area contributed by atoms with Gasteiger partial charge in [-0.05, 0) is 29.5 Å². The Labute approximate surface area is 114 Å². The monoisotopic (exact) mass is 271 g/mol. The number of nitrogens with one attached hydrogen (secondary N) is 1. The first-order valence-electron chi connectivity index (χ1n) is 5.99. The zero-order valence-electron chi connectivity index (χ0n) is 10.6. The number of rotatable bonds is 1. The van der Waals surface area contributed by atoms with Crippen molar-refractivity contribution in [2.75, 3.05) is 13.1 Å². The molecule has 1 aliphatic rings. The molecule has 0 aliphatic carbocycles. The molecule has 0 aromatic heterocycles.